The Labute approximate surface area is 165 Å². The van der Waals surface area contributed by atoms with Gasteiger partial charge in [0.2, 0.25) is 0 Å². The molecule has 27 heavy (non-hydrogen) atoms. The molecule has 2 rings (SSSR count). The number of likely N-dealkylation sites (N-methyl/N-ethyl adjacent to an activating group) is 1. The van der Waals surface area contributed by atoms with E-state index in [9.17, 15) is 18.0 Å². The van der Waals surface area contributed by atoms with E-state index >= 15 is 0 Å². The number of hydrogen-bond donors (Lipinski definition) is 1. The van der Waals surface area contributed by atoms with Crippen LogP contribution in [0.4, 0.5) is 5.69 Å². The Bertz CT molecular complexity index is 816. The average molecular weight is 416 g/mol. The molecule has 0 saturated carbocycles. The zero-order valence-electron chi connectivity index (χ0n) is 16.1. The predicted molar refractivity (Wildman–Crippen MR) is 107 cm³/mol. The minimum atomic E-state index is -3.18. The highest BCUT2D eigenvalue weighted by atomic mass is 35.5. The number of benzene rings is 1. The summed E-state index contributed by atoms with van der Waals surface area (Å²) < 4.78 is 23.6. The molecule has 1 heterocycles. The van der Waals surface area contributed by atoms with Gasteiger partial charge in [-0.25, -0.2) is 8.42 Å². The number of anilines is 1. The molecule has 1 N–H and O–H groups in total. The first-order valence-electron chi connectivity index (χ1n) is 8.74. The number of carbonyl (C=O) groups excluding carboxylic acids is 2. The fourth-order valence-electron chi connectivity index (χ4n) is 3.15. The fraction of sp³-hybridized carbons (Fsp3) is 0.556. The van der Waals surface area contributed by atoms with Crippen LogP contribution in [0.25, 0.3) is 0 Å². The maximum absolute atomic E-state index is 12.8. The zero-order valence-corrected chi connectivity index (χ0v) is 17.7. The van der Waals surface area contributed by atoms with E-state index < -0.39 is 27.7 Å². The Balaban J connectivity index is 2.20. The SMILES string of the molecule is Cc1cc(C)c(NC(=O)C(=O)N(CCN(C)C)C2CCS(=O)(=O)C2)c(Cl)c1. The van der Waals surface area contributed by atoms with Crippen LogP contribution >= 0.6 is 11.6 Å². The van der Waals surface area contributed by atoms with Crippen molar-refractivity contribution < 1.29 is 18.0 Å². The quantitative estimate of drug-likeness (QED) is 0.736. The van der Waals surface area contributed by atoms with E-state index in [4.69, 9.17) is 11.6 Å². The summed E-state index contributed by atoms with van der Waals surface area (Å²) in [6.45, 7) is 4.49. The minimum Gasteiger partial charge on any atom is -0.329 e. The van der Waals surface area contributed by atoms with Crippen LogP contribution in [0.1, 0.15) is 17.5 Å². The number of hydrogen-bond acceptors (Lipinski definition) is 5. The first-order chi connectivity index (χ1) is 12.5. The van der Waals surface area contributed by atoms with Gasteiger partial charge in [-0.3, -0.25) is 9.59 Å². The smallest absolute Gasteiger partial charge is 0.313 e. The van der Waals surface area contributed by atoms with Crippen LogP contribution in [-0.2, 0) is 19.4 Å². The molecule has 1 fully saturated rings. The molecule has 1 unspecified atom stereocenters. The first kappa shape index (κ1) is 21.7. The van der Waals surface area contributed by atoms with Crippen LogP contribution in [0.3, 0.4) is 0 Å². The molecule has 0 aliphatic carbocycles. The van der Waals surface area contributed by atoms with Crippen LogP contribution in [0, 0.1) is 13.8 Å². The van der Waals surface area contributed by atoms with Crippen molar-refractivity contribution in [2.45, 2.75) is 26.3 Å². The monoisotopic (exact) mass is 415 g/mol. The standard InChI is InChI=1S/C18H26ClN3O4S/c1-12-9-13(2)16(15(19)10-12)20-17(23)18(24)22(7-6-21(3)4)14-5-8-27(25,26)11-14/h9-10,14H,5-8,11H2,1-4H3,(H,20,23). The van der Waals surface area contributed by atoms with Crippen molar-refractivity contribution in [3.8, 4) is 0 Å². The molecule has 0 radical (unpaired) electrons. The van der Waals surface area contributed by atoms with E-state index in [0.29, 0.717) is 23.7 Å². The summed E-state index contributed by atoms with van der Waals surface area (Å²) in [7, 11) is 0.526. The van der Waals surface area contributed by atoms with E-state index in [1.165, 1.54) is 4.90 Å². The predicted octanol–water partition coefficient (Wildman–Crippen LogP) is 1.47. The van der Waals surface area contributed by atoms with E-state index in [2.05, 4.69) is 5.32 Å². The molecule has 0 aromatic heterocycles. The lowest BCUT2D eigenvalue weighted by atomic mass is 10.1. The Morgan fingerprint density at radius 1 is 1.22 bits per heavy atom. The van der Waals surface area contributed by atoms with E-state index in [0.717, 1.165) is 11.1 Å². The Hall–Kier alpha value is -1.64. The summed E-state index contributed by atoms with van der Waals surface area (Å²) in [5.41, 5.74) is 2.10. The van der Waals surface area contributed by atoms with Gasteiger partial charge in [-0.05, 0) is 51.6 Å². The van der Waals surface area contributed by atoms with Gasteiger partial charge in [0.25, 0.3) is 0 Å². The number of sulfone groups is 1. The zero-order chi connectivity index (χ0) is 20.4. The largest absolute Gasteiger partial charge is 0.329 e. The molecule has 1 aliphatic rings. The first-order valence-corrected chi connectivity index (χ1v) is 10.9. The topological polar surface area (TPSA) is 86.8 Å². The van der Waals surface area contributed by atoms with Crippen LogP contribution in [-0.4, -0.2) is 74.8 Å². The summed E-state index contributed by atoms with van der Waals surface area (Å²) in [6, 6.07) is 3.09. The number of amides is 2. The molecule has 1 aliphatic heterocycles. The second-order valence-electron chi connectivity index (χ2n) is 7.25. The highest BCUT2D eigenvalue weighted by Crippen LogP contribution is 2.27. The third-order valence-electron chi connectivity index (χ3n) is 4.56. The molecular formula is C18H26ClN3O4S. The third kappa shape index (κ3) is 5.67. The normalized spacial score (nSPS) is 18.5. The number of carbonyl (C=O) groups is 2. The lowest BCUT2D eigenvalue weighted by molar-refractivity contribution is -0.144. The number of aryl methyl sites for hydroxylation is 2. The van der Waals surface area contributed by atoms with Crippen LogP contribution in [0.5, 0.6) is 0 Å². The van der Waals surface area contributed by atoms with Crippen molar-refractivity contribution in [3.05, 3.63) is 28.3 Å². The van der Waals surface area contributed by atoms with Crippen LogP contribution in [0.2, 0.25) is 5.02 Å². The van der Waals surface area contributed by atoms with Crippen molar-refractivity contribution in [1.82, 2.24) is 9.80 Å². The molecule has 1 saturated heterocycles. The van der Waals surface area contributed by atoms with Crippen molar-refractivity contribution in [2.75, 3.05) is 44.0 Å². The second kappa shape index (κ2) is 8.58. The van der Waals surface area contributed by atoms with Gasteiger partial charge in [0.1, 0.15) is 0 Å². The summed E-state index contributed by atoms with van der Waals surface area (Å²) in [5.74, 6) is -1.63. The van der Waals surface area contributed by atoms with Crippen molar-refractivity contribution in [2.24, 2.45) is 0 Å². The van der Waals surface area contributed by atoms with E-state index in [1.807, 2.05) is 32.0 Å². The molecule has 9 heteroatoms. The number of nitrogens with zero attached hydrogens (tertiary/aromatic N) is 2. The van der Waals surface area contributed by atoms with E-state index in [-0.39, 0.29) is 18.1 Å². The molecule has 0 spiro atoms. The van der Waals surface area contributed by atoms with Crippen molar-refractivity contribution in [1.29, 1.82) is 0 Å². The highest BCUT2D eigenvalue weighted by molar-refractivity contribution is 7.91. The summed E-state index contributed by atoms with van der Waals surface area (Å²) in [4.78, 5) is 28.6. The van der Waals surface area contributed by atoms with Gasteiger partial charge < -0.3 is 15.1 Å². The highest BCUT2D eigenvalue weighted by Gasteiger charge is 2.36. The molecule has 150 valence electrons. The van der Waals surface area contributed by atoms with Crippen molar-refractivity contribution >= 4 is 38.9 Å². The minimum absolute atomic E-state index is 0.0356. The summed E-state index contributed by atoms with van der Waals surface area (Å²) in [6.07, 6.45) is 0.346. The Kier molecular flexibility index (Phi) is 6.88. The van der Waals surface area contributed by atoms with Crippen molar-refractivity contribution in [3.63, 3.8) is 0 Å². The Morgan fingerprint density at radius 2 is 1.89 bits per heavy atom. The Morgan fingerprint density at radius 3 is 2.41 bits per heavy atom. The number of nitrogens with one attached hydrogen (secondary N) is 1. The second-order valence-corrected chi connectivity index (χ2v) is 9.89. The maximum Gasteiger partial charge on any atom is 0.313 e. The molecule has 0 bridgehead atoms. The van der Waals surface area contributed by atoms with Gasteiger partial charge in [-0.1, -0.05) is 17.7 Å². The molecule has 1 atom stereocenters. The van der Waals surface area contributed by atoms with Gasteiger partial charge in [0.15, 0.2) is 9.84 Å². The van der Waals surface area contributed by atoms with Gasteiger partial charge in [0.05, 0.1) is 22.2 Å². The van der Waals surface area contributed by atoms with Crippen LogP contribution in [0.15, 0.2) is 12.1 Å². The number of halogens is 1. The maximum atomic E-state index is 12.8. The van der Waals surface area contributed by atoms with Gasteiger partial charge in [-0.15, -0.1) is 0 Å². The molecular weight excluding hydrogens is 390 g/mol. The lowest BCUT2D eigenvalue weighted by Crippen LogP contribution is -2.49. The number of rotatable bonds is 5. The average Bonchev–Trinajstić information content (AvgIpc) is 2.90. The molecule has 2 amide bonds. The summed E-state index contributed by atoms with van der Waals surface area (Å²) in [5, 5.41) is 2.95. The van der Waals surface area contributed by atoms with Gasteiger partial charge in [0, 0.05) is 19.1 Å². The molecule has 1 aromatic rings. The van der Waals surface area contributed by atoms with Crippen LogP contribution < -0.4 is 5.32 Å². The third-order valence-corrected chi connectivity index (χ3v) is 6.61. The fourth-order valence-corrected chi connectivity index (χ4v) is 5.25. The lowest BCUT2D eigenvalue weighted by Gasteiger charge is -2.29. The molecule has 7 nitrogen and oxygen atoms in total. The van der Waals surface area contributed by atoms with E-state index in [1.54, 1.807) is 13.0 Å². The molecule has 1 aromatic carbocycles. The van der Waals surface area contributed by atoms with Gasteiger partial charge in [-0.2, -0.15) is 0 Å². The van der Waals surface area contributed by atoms with Gasteiger partial charge >= 0.3 is 11.8 Å². The summed E-state index contributed by atoms with van der Waals surface area (Å²) >= 11 is 6.20.